The molecule has 1 N–H and O–H groups in total. The van der Waals surface area contributed by atoms with Gasteiger partial charge in [-0.3, -0.25) is 4.79 Å². The second-order valence-corrected chi connectivity index (χ2v) is 5.01. The molecule has 0 radical (unpaired) electrons. The number of likely N-dealkylation sites (tertiary alicyclic amines) is 1. The van der Waals surface area contributed by atoms with Gasteiger partial charge in [0.25, 0.3) is 5.91 Å². The smallest absolute Gasteiger partial charge is 0.273 e. The summed E-state index contributed by atoms with van der Waals surface area (Å²) in [6, 6.07) is 9.21. The second kappa shape index (κ2) is 5.05. The molecule has 2 aromatic heterocycles. The van der Waals surface area contributed by atoms with E-state index >= 15 is 0 Å². The first-order chi connectivity index (χ1) is 9.25. The zero-order chi connectivity index (χ0) is 13.2. The van der Waals surface area contributed by atoms with Crippen LogP contribution in [-0.4, -0.2) is 27.3 Å². The highest BCUT2D eigenvalue weighted by Crippen LogP contribution is 2.31. The first kappa shape index (κ1) is 12.2. The fourth-order valence-electron chi connectivity index (χ4n) is 2.56. The van der Waals surface area contributed by atoms with Crippen LogP contribution in [0, 0.1) is 0 Å². The third kappa shape index (κ3) is 2.36. The fourth-order valence-corrected chi connectivity index (χ4v) is 2.72. The number of nitrogens with one attached hydrogen (secondary N) is 1. The van der Waals surface area contributed by atoms with E-state index < -0.39 is 0 Å². The number of H-pyrrole nitrogens is 1. The highest BCUT2D eigenvalue weighted by molar-refractivity contribution is 6.29. The number of carbonyl (C=O) groups excluding carboxylic acids is 1. The Hall–Kier alpha value is -1.81. The summed E-state index contributed by atoms with van der Waals surface area (Å²) in [5.41, 5.74) is 1.49. The van der Waals surface area contributed by atoms with Gasteiger partial charge >= 0.3 is 0 Å². The van der Waals surface area contributed by atoms with Gasteiger partial charge in [-0.1, -0.05) is 17.7 Å². The number of carbonyl (C=O) groups is 1. The Morgan fingerprint density at radius 3 is 3.00 bits per heavy atom. The number of aromatic amines is 1. The van der Waals surface area contributed by atoms with Gasteiger partial charge in [-0.25, -0.2) is 4.98 Å². The van der Waals surface area contributed by atoms with Gasteiger partial charge in [0, 0.05) is 18.4 Å². The lowest BCUT2D eigenvalue weighted by Gasteiger charge is -2.23. The Kier molecular flexibility index (Phi) is 3.25. The third-order valence-corrected chi connectivity index (χ3v) is 3.64. The van der Waals surface area contributed by atoms with Crippen molar-refractivity contribution >= 4 is 17.5 Å². The summed E-state index contributed by atoms with van der Waals surface area (Å²) in [4.78, 5) is 21.6. The molecule has 4 nitrogen and oxygen atoms in total. The van der Waals surface area contributed by atoms with Crippen molar-refractivity contribution in [2.45, 2.75) is 18.9 Å². The molecular formula is C14H14ClN3O. The Morgan fingerprint density at radius 2 is 2.26 bits per heavy atom. The highest BCUT2D eigenvalue weighted by Gasteiger charge is 2.31. The van der Waals surface area contributed by atoms with Crippen LogP contribution in [0.3, 0.4) is 0 Å². The van der Waals surface area contributed by atoms with Crippen molar-refractivity contribution in [1.29, 1.82) is 0 Å². The molecule has 0 saturated carbocycles. The van der Waals surface area contributed by atoms with E-state index in [9.17, 15) is 4.79 Å². The van der Waals surface area contributed by atoms with E-state index in [0.29, 0.717) is 10.8 Å². The maximum atomic E-state index is 12.5. The summed E-state index contributed by atoms with van der Waals surface area (Å²) < 4.78 is 0. The van der Waals surface area contributed by atoms with Crippen LogP contribution in [0.5, 0.6) is 0 Å². The molecule has 5 heteroatoms. The van der Waals surface area contributed by atoms with Gasteiger partial charge in [-0.2, -0.15) is 0 Å². The lowest BCUT2D eigenvalue weighted by atomic mass is 10.1. The number of amides is 1. The molecule has 2 aromatic rings. The molecule has 0 bridgehead atoms. The normalized spacial score (nSPS) is 18.8. The Morgan fingerprint density at radius 1 is 1.37 bits per heavy atom. The second-order valence-electron chi connectivity index (χ2n) is 4.63. The van der Waals surface area contributed by atoms with Crippen molar-refractivity contribution in [3.05, 3.63) is 53.1 Å². The summed E-state index contributed by atoms with van der Waals surface area (Å²) in [6.07, 6.45) is 3.87. The first-order valence-electron chi connectivity index (χ1n) is 6.32. The van der Waals surface area contributed by atoms with E-state index in [2.05, 4.69) is 9.97 Å². The van der Waals surface area contributed by atoms with Crippen LogP contribution in [0.2, 0.25) is 5.15 Å². The molecule has 0 spiro atoms. The van der Waals surface area contributed by atoms with Crippen molar-refractivity contribution in [3.8, 4) is 0 Å². The number of rotatable bonds is 2. The van der Waals surface area contributed by atoms with Gasteiger partial charge < -0.3 is 9.88 Å². The first-order valence-corrected chi connectivity index (χ1v) is 6.70. The molecule has 3 rings (SSSR count). The summed E-state index contributed by atoms with van der Waals surface area (Å²) in [7, 11) is 0. The van der Waals surface area contributed by atoms with Crippen LogP contribution in [0.25, 0.3) is 0 Å². The predicted molar refractivity (Wildman–Crippen MR) is 73.1 cm³/mol. The Balaban J connectivity index is 1.87. The summed E-state index contributed by atoms with van der Waals surface area (Å²) in [5.74, 6) is -0.0559. The molecule has 1 atom stereocenters. The molecule has 1 aliphatic rings. The number of hydrogen-bond donors (Lipinski definition) is 1. The quantitative estimate of drug-likeness (QED) is 0.857. The van der Waals surface area contributed by atoms with Crippen molar-refractivity contribution < 1.29 is 4.79 Å². The van der Waals surface area contributed by atoms with Gasteiger partial charge in [0.1, 0.15) is 10.8 Å². The number of hydrogen-bond acceptors (Lipinski definition) is 2. The average molecular weight is 276 g/mol. The van der Waals surface area contributed by atoms with Crippen LogP contribution >= 0.6 is 11.6 Å². The zero-order valence-electron chi connectivity index (χ0n) is 10.3. The van der Waals surface area contributed by atoms with Gasteiger partial charge in [0.15, 0.2) is 0 Å². The lowest BCUT2D eigenvalue weighted by Crippen LogP contribution is -2.31. The van der Waals surface area contributed by atoms with Gasteiger partial charge in [0.2, 0.25) is 0 Å². The van der Waals surface area contributed by atoms with Crippen molar-refractivity contribution in [3.63, 3.8) is 0 Å². The summed E-state index contributed by atoms with van der Waals surface area (Å²) >= 11 is 5.84. The molecule has 0 aromatic carbocycles. The molecule has 1 amide bonds. The predicted octanol–water partition coefficient (Wildman–Crippen LogP) is 3.04. The van der Waals surface area contributed by atoms with Crippen LogP contribution in [0.1, 0.15) is 35.1 Å². The van der Waals surface area contributed by atoms with E-state index in [1.165, 1.54) is 0 Å². The van der Waals surface area contributed by atoms with E-state index in [0.717, 1.165) is 25.1 Å². The number of pyridine rings is 1. The van der Waals surface area contributed by atoms with Gasteiger partial charge in [-0.15, -0.1) is 0 Å². The molecule has 98 valence electrons. The van der Waals surface area contributed by atoms with Crippen molar-refractivity contribution in [1.82, 2.24) is 14.9 Å². The molecule has 1 saturated heterocycles. The van der Waals surface area contributed by atoms with Crippen molar-refractivity contribution in [2.24, 2.45) is 0 Å². The maximum absolute atomic E-state index is 12.5. The van der Waals surface area contributed by atoms with E-state index in [1.807, 2.05) is 23.2 Å². The minimum absolute atomic E-state index is 0.0559. The molecule has 1 unspecified atom stereocenters. The molecule has 3 heterocycles. The topological polar surface area (TPSA) is 49.0 Å². The molecule has 1 aliphatic heterocycles. The zero-order valence-corrected chi connectivity index (χ0v) is 11.1. The monoisotopic (exact) mass is 275 g/mol. The van der Waals surface area contributed by atoms with Gasteiger partial charge in [-0.05, 0) is 37.1 Å². The van der Waals surface area contributed by atoms with E-state index in [1.54, 1.807) is 18.2 Å². The van der Waals surface area contributed by atoms with Crippen LogP contribution in [-0.2, 0) is 0 Å². The van der Waals surface area contributed by atoms with Crippen LogP contribution in [0.4, 0.5) is 0 Å². The minimum atomic E-state index is -0.0559. The fraction of sp³-hybridized carbons (Fsp3) is 0.286. The van der Waals surface area contributed by atoms with Gasteiger partial charge in [0.05, 0.1) is 6.04 Å². The van der Waals surface area contributed by atoms with Crippen molar-refractivity contribution in [2.75, 3.05) is 6.54 Å². The Bertz CT molecular complexity index is 582. The number of nitrogens with zero attached hydrogens (tertiary/aromatic N) is 2. The third-order valence-electron chi connectivity index (χ3n) is 3.43. The molecule has 19 heavy (non-hydrogen) atoms. The molecular weight excluding hydrogens is 262 g/mol. The lowest BCUT2D eigenvalue weighted by molar-refractivity contribution is 0.0727. The molecule has 0 aliphatic carbocycles. The van der Waals surface area contributed by atoms with Crippen LogP contribution in [0.15, 0.2) is 36.5 Å². The number of aromatic nitrogens is 2. The summed E-state index contributed by atoms with van der Waals surface area (Å²) in [5, 5.41) is 0.349. The standard InChI is InChI=1S/C14H14ClN3O/c15-13-7-1-4-11(17-13)14(19)18-9-3-6-12(18)10-5-2-8-16-10/h1-2,4-5,7-8,12,16H,3,6,9H2. The van der Waals surface area contributed by atoms with E-state index in [-0.39, 0.29) is 11.9 Å². The number of halogens is 1. The van der Waals surface area contributed by atoms with E-state index in [4.69, 9.17) is 11.6 Å². The average Bonchev–Trinajstić information content (AvgIpc) is 3.08. The molecule has 1 fully saturated rings. The SMILES string of the molecule is O=C(c1cccc(Cl)n1)N1CCCC1c1ccc[nH]1. The Labute approximate surface area is 116 Å². The minimum Gasteiger partial charge on any atom is -0.363 e. The largest absolute Gasteiger partial charge is 0.363 e. The maximum Gasteiger partial charge on any atom is 0.273 e. The van der Waals surface area contributed by atoms with Crippen LogP contribution < -0.4 is 0 Å². The highest BCUT2D eigenvalue weighted by atomic mass is 35.5. The summed E-state index contributed by atoms with van der Waals surface area (Å²) in [6.45, 7) is 0.761.